The second kappa shape index (κ2) is 19.4. The number of amides is 2. The first-order chi connectivity index (χ1) is 29.9. The highest BCUT2D eigenvalue weighted by Gasteiger charge is 2.40. The van der Waals surface area contributed by atoms with E-state index in [4.69, 9.17) is 14.5 Å². The molecule has 2 saturated heterocycles. The Labute approximate surface area is 362 Å². The van der Waals surface area contributed by atoms with Crippen molar-refractivity contribution in [1.29, 1.82) is 0 Å². The fourth-order valence-electron chi connectivity index (χ4n) is 7.10. The van der Waals surface area contributed by atoms with E-state index in [2.05, 4.69) is 74.1 Å². The van der Waals surface area contributed by atoms with Crippen molar-refractivity contribution in [3.63, 3.8) is 0 Å². The topological polar surface area (TPSA) is 144 Å². The van der Waals surface area contributed by atoms with Gasteiger partial charge in [-0.15, -0.1) is 0 Å². The summed E-state index contributed by atoms with van der Waals surface area (Å²) in [5.41, 5.74) is 5.94. The largest absolute Gasteiger partial charge is 0.493 e. The maximum Gasteiger partial charge on any atom is 0.264 e. The number of aliphatic imine (C=N–C) groups is 2. The van der Waals surface area contributed by atoms with Crippen LogP contribution in [0.25, 0.3) is 27.9 Å². The zero-order valence-corrected chi connectivity index (χ0v) is 35.3. The van der Waals surface area contributed by atoms with Gasteiger partial charge in [0.2, 0.25) is 5.91 Å². The van der Waals surface area contributed by atoms with Gasteiger partial charge in [0.15, 0.2) is 10.3 Å². The number of thioether (sulfide) groups is 2. The molecule has 4 heterocycles. The summed E-state index contributed by atoms with van der Waals surface area (Å²) in [5.74, 6) is 3.05. The van der Waals surface area contributed by atoms with Gasteiger partial charge in [0, 0.05) is 40.6 Å². The molecule has 4 aliphatic rings. The molecular weight excluding hydrogens is 805 g/mol. The van der Waals surface area contributed by atoms with Crippen LogP contribution in [-0.4, -0.2) is 69.5 Å². The van der Waals surface area contributed by atoms with Crippen molar-refractivity contribution in [3.8, 4) is 11.5 Å². The minimum Gasteiger partial charge on any atom is -0.493 e. The van der Waals surface area contributed by atoms with E-state index in [1.807, 2.05) is 62.4 Å². The highest BCUT2D eigenvalue weighted by atomic mass is 32.2. The standard InChI is InChI=1S/C24H21N3O2S.C12H12N2OS.C12H11NO2/c1-2-29-21-10-11-25-19-9-8-15(12-18(19)21)13-22-23(28)27-24(30-22)26-20-14-17(20)16-6-4-3-5-7-16;15-11-7-16-12(14-11)13-10-6-9(10)8-4-2-1-3-5-8;1-2-15-12-5-6-13-11-4-3-9(8-14)7-10(11)12/h3-13,17,20H,2,14H2,1H3,(H,26,27,28);1-5,9-10H,6-7H2,(H,13,14,15);3-8H,2H2,1H3/b22-13-;;/t17-,20+;9-,10+;/m11./s1. The minimum absolute atomic E-state index is 0.0701. The molecular formula is C48H44N6O5S2. The lowest BCUT2D eigenvalue weighted by molar-refractivity contribution is -0.117. The molecule has 2 amide bonds. The molecule has 4 aromatic carbocycles. The average Bonchev–Trinajstić information content (AvgIpc) is 4.17. The quantitative estimate of drug-likeness (QED) is 0.102. The number of aromatic nitrogens is 2. The Hall–Kier alpha value is -6.31. The fraction of sp³-hybridized carbons (Fsp3) is 0.229. The zero-order valence-electron chi connectivity index (χ0n) is 33.7. The molecule has 2 aliphatic heterocycles. The smallest absolute Gasteiger partial charge is 0.264 e. The third-order valence-electron chi connectivity index (χ3n) is 10.3. The van der Waals surface area contributed by atoms with Gasteiger partial charge in [0.05, 0.1) is 47.0 Å². The second-order valence-electron chi connectivity index (χ2n) is 14.6. The molecule has 0 unspecified atom stereocenters. The molecule has 10 rings (SSSR count). The van der Waals surface area contributed by atoms with E-state index in [0.29, 0.717) is 52.5 Å². The van der Waals surface area contributed by atoms with E-state index < -0.39 is 0 Å². The lowest BCUT2D eigenvalue weighted by atomic mass is 10.1. The van der Waals surface area contributed by atoms with Gasteiger partial charge in [-0.2, -0.15) is 0 Å². The zero-order chi connectivity index (χ0) is 42.1. The van der Waals surface area contributed by atoms with Crippen molar-refractivity contribution in [3.05, 3.63) is 149 Å². The summed E-state index contributed by atoms with van der Waals surface area (Å²) in [6.45, 7) is 5.08. The van der Waals surface area contributed by atoms with Crippen LogP contribution in [0.1, 0.15) is 65.6 Å². The van der Waals surface area contributed by atoms with Crippen molar-refractivity contribution in [2.75, 3.05) is 19.0 Å². The first-order valence-electron chi connectivity index (χ1n) is 20.3. The van der Waals surface area contributed by atoms with Gasteiger partial charge in [-0.3, -0.25) is 34.3 Å². The molecule has 0 radical (unpaired) electrons. The van der Waals surface area contributed by atoms with Gasteiger partial charge in [0.25, 0.3) is 5.91 Å². The molecule has 4 atom stereocenters. The van der Waals surface area contributed by atoms with Gasteiger partial charge >= 0.3 is 0 Å². The number of ether oxygens (including phenoxy) is 2. The van der Waals surface area contributed by atoms with E-state index in [1.165, 1.54) is 34.7 Å². The number of carbonyl (C=O) groups excluding carboxylic acids is 3. The van der Waals surface area contributed by atoms with Crippen LogP contribution < -0.4 is 20.1 Å². The van der Waals surface area contributed by atoms with E-state index in [9.17, 15) is 14.4 Å². The Morgan fingerprint density at radius 2 is 1.23 bits per heavy atom. The van der Waals surface area contributed by atoms with E-state index in [-0.39, 0.29) is 17.9 Å². The second-order valence-corrected chi connectivity index (χ2v) is 16.6. The summed E-state index contributed by atoms with van der Waals surface area (Å²) in [6, 6.07) is 36.4. The van der Waals surface area contributed by atoms with Crippen LogP contribution >= 0.6 is 23.5 Å². The number of carbonyl (C=O) groups is 3. The Morgan fingerprint density at radius 3 is 1.75 bits per heavy atom. The van der Waals surface area contributed by atoms with E-state index >= 15 is 0 Å². The Bertz CT molecular complexity index is 2660. The molecule has 0 bridgehead atoms. The van der Waals surface area contributed by atoms with Crippen LogP contribution in [0, 0.1) is 0 Å². The Kier molecular flexibility index (Phi) is 13.2. The van der Waals surface area contributed by atoms with E-state index in [0.717, 1.165) is 63.2 Å². The summed E-state index contributed by atoms with van der Waals surface area (Å²) in [5, 5.41) is 8.98. The van der Waals surface area contributed by atoms with Crippen LogP contribution in [0.3, 0.4) is 0 Å². The first kappa shape index (κ1) is 41.4. The third-order valence-corrected chi connectivity index (χ3v) is 12.1. The number of nitrogens with zero attached hydrogens (tertiary/aromatic N) is 4. The van der Waals surface area contributed by atoms with Crippen LogP contribution in [0.4, 0.5) is 0 Å². The van der Waals surface area contributed by atoms with Crippen LogP contribution in [0.5, 0.6) is 11.5 Å². The summed E-state index contributed by atoms with van der Waals surface area (Å²) in [7, 11) is 0. The predicted molar refractivity (Wildman–Crippen MR) is 246 cm³/mol. The number of benzene rings is 4. The number of amidine groups is 2. The van der Waals surface area contributed by atoms with Crippen LogP contribution in [0.15, 0.2) is 136 Å². The van der Waals surface area contributed by atoms with Gasteiger partial charge in [-0.25, -0.2) is 0 Å². The number of hydrogen-bond donors (Lipinski definition) is 2. The Morgan fingerprint density at radius 1 is 0.689 bits per heavy atom. The van der Waals surface area contributed by atoms with Crippen LogP contribution in [0.2, 0.25) is 0 Å². The number of fused-ring (bicyclic) bond motifs is 2. The SMILES string of the molecule is CCOc1ccnc2ccc(/C=C3\SC(=N[C@H]4C[C@@H]4c4ccccc4)NC3=O)cc12.CCOc1ccnc2ccc(C=O)cc12.O=C1CSC(=N[C@H]2C[C@@H]2c2ccccc2)N1. The number of aldehydes is 1. The maximum absolute atomic E-state index is 12.5. The van der Waals surface area contributed by atoms with E-state index in [1.54, 1.807) is 30.6 Å². The maximum atomic E-state index is 12.5. The highest BCUT2D eigenvalue weighted by Crippen LogP contribution is 2.45. The Balaban J connectivity index is 0.000000139. The molecule has 0 spiro atoms. The van der Waals surface area contributed by atoms with Crippen molar-refractivity contribution >= 4 is 79.8 Å². The minimum atomic E-state index is -0.105. The number of nitrogens with one attached hydrogen (secondary N) is 2. The summed E-state index contributed by atoms with van der Waals surface area (Å²) >= 11 is 2.91. The summed E-state index contributed by atoms with van der Waals surface area (Å²) in [4.78, 5) is 52.6. The molecule has 4 fully saturated rings. The normalized spacial score (nSPS) is 21.9. The monoisotopic (exact) mass is 848 g/mol. The van der Waals surface area contributed by atoms with Crippen molar-refractivity contribution in [2.24, 2.45) is 9.98 Å². The van der Waals surface area contributed by atoms with Gasteiger partial charge in [0.1, 0.15) is 17.8 Å². The molecule has 13 heteroatoms. The summed E-state index contributed by atoms with van der Waals surface area (Å²) < 4.78 is 11.2. The predicted octanol–water partition coefficient (Wildman–Crippen LogP) is 8.96. The highest BCUT2D eigenvalue weighted by molar-refractivity contribution is 8.18. The molecule has 11 nitrogen and oxygen atoms in total. The molecule has 2 N–H and O–H groups in total. The van der Waals surface area contributed by atoms with Crippen molar-refractivity contribution < 1.29 is 23.9 Å². The lowest BCUT2D eigenvalue weighted by Gasteiger charge is -2.07. The number of rotatable bonds is 10. The lowest BCUT2D eigenvalue weighted by Crippen LogP contribution is -2.20. The van der Waals surface area contributed by atoms with Gasteiger partial charge in [-0.05, 0) is 104 Å². The third kappa shape index (κ3) is 10.5. The average molecular weight is 849 g/mol. The van der Waals surface area contributed by atoms with Crippen LogP contribution in [-0.2, 0) is 9.59 Å². The number of pyridine rings is 2. The molecule has 2 aromatic heterocycles. The van der Waals surface area contributed by atoms with Gasteiger partial charge in [-0.1, -0.05) is 78.5 Å². The number of hydrogen-bond acceptors (Lipinski definition) is 11. The molecule has 2 saturated carbocycles. The molecule has 6 aromatic rings. The molecule has 61 heavy (non-hydrogen) atoms. The summed E-state index contributed by atoms with van der Waals surface area (Å²) in [6.07, 6.45) is 8.29. The van der Waals surface area contributed by atoms with Crippen molar-refractivity contribution in [2.45, 2.75) is 50.6 Å². The van der Waals surface area contributed by atoms with Crippen molar-refractivity contribution in [1.82, 2.24) is 20.6 Å². The molecule has 2 aliphatic carbocycles. The fourth-order valence-corrected chi connectivity index (χ4v) is 8.72. The first-order valence-corrected chi connectivity index (χ1v) is 22.1. The molecule has 308 valence electrons. The van der Waals surface area contributed by atoms with Gasteiger partial charge < -0.3 is 20.1 Å².